The van der Waals surface area contributed by atoms with Crippen molar-refractivity contribution in [2.75, 3.05) is 11.5 Å². The first-order valence-corrected chi connectivity index (χ1v) is 5.28. The highest BCUT2D eigenvalue weighted by molar-refractivity contribution is 7.99. The second-order valence-corrected chi connectivity index (χ2v) is 4.38. The van der Waals surface area contributed by atoms with Crippen LogP contribution in [0, 0.1) is 0 Å². The molecule has 0 aliphatic carbocycles. The third-order valence-electron chi connectivity index (χ3n) is 1.45. The Hall–Kier alpha value is -0.600. The molecule has 1 aromatic rings. The van der Waals surface area contributed by atoms with Crippen LogP contribution in [0.15, 0.2) is 35.2 Å². The number of nitrogen functional groups attached to an aromatic ring is 1. The number of anilines is 1. The number of hydrogen-bond acceptors (Lipinski definition) is 2. The highest BCUT2D eigenvalue weighted by Gasteiger charge is 2.00. The van der Waals surface area contributed by atoms with Gasteiger partial charge in [0.2, 0.25) is 0 Å². The number of halogens is 1. The van der Waals surface area contributed by atoms with Gasteiger partial charge in [0.15, 0.2) is 0 Å². The first kappa shape index (κ1) is 10.5. The molecule has 70 valence electrons. The van der Waals surface area contributed by atoms with E-state index in [0.29, 0.717) is 5.02 Å². The molecule has 1 rings (SSSR count). The van der Waals surface area contributed by atoms with Crippen LogP contribution in [0.25, 0.3) is 0 Å². The van der Waals surface area contributed by atoms with Crippen LogP contribution in [0.1, 0.15) is 6.92 Å². The van der Waals surface area contributed by atoms with Gasteiger partial charge in [-0.1, -0.05) is 23.8 Å². The lowest BCUT2D eigenvalue weighted by Gasteiger charge is -2.04. The van der Waals surface area contributed by atoms with Crippen LogP contribution in [-0.4, -0.2) is 5.75 Å². The van der Waals surface area contributed by atoms with E-state index in [1.807, 2.05) is 19.1 Å². The van der Waals surface area contributed by atoms with Crippen LogP contribution in [0.4, 0.5) is 5.69 Å². The first-order valence-electron chi connectivity index (χ1n) is 3.92. The van der Waals surface area contributed by atoms with Gasteiger partial charge in [-0.05, 0) is 25.1 Å². The van der Waals surface area contributed by atoms with Gasteiger partial charge in [-0.3, -0.25) is 0 Å². The molecule has 0 aliphatic rings. The minimum absolute atomic E-state index is 0.678. The van der Waals surface area contributed by atoms with E-state index in [1.165, 1.54) is 0 Å². The summed E-state index contributed by atoms with van der Waals surface area (Å²) in [5.74, 6) is 0.895. The van der Waals surface area contributed by atoms with Crippen molar-refractivity contribution < 1.29 is 0 Å². The Kier molecular flexibility index (Phi) is 3.70. The summed E-state index contributed by atoms with van der Waals surface area (Å²) in [5, 5.41) is 0.678. The molecule has 0 atom stereocenters. The lowest BCUT2D eigenvalue weighted by molar-refractivity contribution is 1.40. The lowest BCUT2D eigenvalue weighted by Crippen LogP contribution is -1.89. The largest absolute Gasteiger partial charge is 0.398 e. The highest BCUT2D eigenvalue weighted by Crippen LogP contribution is 2.28. The van der Waals surface area contributed by atoms with Crippen LogP contribution >= 0.6 is 23.4 Å². The molecule has 13 heavy (non-hydrogen) atoms. The summed E-state index contributed by atoms with van der Waals surface area (Å²) in [5.41, 5.74) is 7.65. The van der Waals surface area contributed by atoms with Gasteiger partial charge >= 0.3 is 0 Å². The van der Waals surface area contributed by atoms with E-state index in [0.717, 1.165) is 21.9 Å². The predicted molar refractivity (Wildman–Crippen MR) is 61.4 cm³/mol. The van der Waals surface area contributed by atoms with E-state index >= 15 is 0 Å². The van der Waals surface area contributed by atoms with Gasteiger partial charge in [-0.2, -0.15) is 0 Å². The Bertz CT molecular complexity index is 323. The quantitative estimate of drug-likeness (QED) is 0.472. The molecule has 0 unspecified atom stereocenters. The molecular formula is C10H12ClNS. The third-order valence-corrected chi connectivity index (χ3v) is 3.00. The first-order chi connectivity index (χ1) is 6.09. The molecule has 0 bridgehead atoms. The average Bonchev–Trinajstić information content (AvgIpc) is 2.02. The van der Waals surface area contributed by atoms with Crippen molar-refractivity contribution in [1.82, 2.24) is 0 Å². The van der Waals surface area contributed by atoms with Gasteiger partial charge in [-0.25, -0.2) is 0 Å². The fourth-order valence-electron chi connectivity index (χ4n) is 0.852. The Balaban J connectivity index is 2.72. The second kappa shape index (κ2) is 4.58. The number of nitrogens with two attached hydrogens (primary N) is 1. The van der Waals surface area contributed by atoms with Crippen LogP contribution in [0.3, 0.4) is 0 Å². The molecule has 0 heterocycles. The monoisotopic (exact) mass is 213 g/mol. The fraction of sp³-hybridized carbons (Fsp3) is 0.200. The molecule has 0 fully saturated rings. The second-order valence-electron chi connectivity index (χ2n) is 2.93. The van der Waals surface area contributed by atoms with E-state index in [2.05, 4.69) is 6.58 Å². The van der Waals surface area contributed by atoms with Crippen LogP contribution in [0.2, 0.25) is 5.02 Å². The maximum atomic E-state index is 5.77. The maximum absolute atomic E-state index is 5.77. The smallest absolute Gasteiger partial charge is 0.0467 e. The van der Waals surface area contributed by atoms with Crippen molar-refractivity contribution in [2.24, 2.45) is 0 Å². The topological polar surface area (TPSA) is 26.0 Å². The molecule has 0 saturated heterocycles. The van der Waals surface area contributed by atoms with Crippen LogP contribution < -0.4 is 5.73 Å². The third kappa shape index (κ3) is 3.33. The van der Waals surface area contributed by atoms with E-state index in [9.17, 15) is 0 Å². The Labute approximate surface area is 88.0 Å². The Morgan fingerprint density at radius 1 is 1.62 bits per heavy atom. The van der Waals surface area contributed by atoms with Crippen molar-refractivity contribution >= 4 is 29.1 Å². The molecule has 0 spiro atoms. The van der Waals surface area contributed by atoms with E-state index in [1.54, 1.807) is 17.8 Å². The number of benzene rings is 1. The molecule has 1 nitrogen and oxygen atoms in total. The SMILES string of the molecule is C=C(C)CSc1ccc(Cl)cc1N. The van der Waals surface area contributed by atoms with Gasteiger partial charge in [0, 0.05) is 21.4 Å². The summed E-state index contributed by atoms with van der Waals surface area (Å²) in [6.45, 7) is 5.83. The zero-order valence-electron chi connectivity index (χ0n) is 7.51. The molecule has 0 aromatic heterocycles. The van der Waals surface area contributed by atoms with E-state index in [4.69, 9.17) is 17.3 Å². The molecule has 0 amide bonds. The highest BCUT2D eigenvalue weighted by atomic mass is 35.5. The van der Waals surface area contributed by atoms with Gasteiger partial charge in [0.25, 0.3) is 0 Å². The summed E-state index contributed by atoms with van der Waals surface area (Å²) in [7, 11) is 0. The Morgan fingerprint density at radius 2 is 2.31 bits per heavy atom. The van der Waals surface area contributed by atoms with Gasteiger partial charge in [-0.15, -0.1) is 11.8 Å². The standard InChI is InChI=1S/C10H12ClNS/c1-7(2)6-13-10-4-3-8(11)5-9(10)12/h3-5H,1,6,12H2,2H3. The summed E-state index contributed by atoms with van der Waals surface area (Å²) in [6, 6.07) is 5.55. The summed E-state index contributed by atoms with van der Waals surface area (Å²) >= 11 is 7.45. The normalized spacial score (nSPS) is 10.0. The zero-order valence-corrected chi connectivity index (χ0v) is 9.08. The maximum Gasteiger partial charge on any atom is 0.0467 e. The van der Waals surface area contributed by atoms with Crippen LogP contribution in [-0.2, 0) is 0 Å². The summed E-state index contributed by atoms with van der Waals surface area (Å²) in [6.07, 6.45) is 0. The van der Waals surface area contributed by atoms with Crippen molar-refractivity contribution in [2.45, 2.75) is 11.8 Å². The molecule has 2 N–H and O–H groups in total. The molecule has 0 radical (unpaired) electrons. The minimum Gasteiger partial charge on any atom is -0.398 e. The number of rotatable bonds is 3. The van der Waals surface area contributed by atoms with Gasteiger partial charge in [0.05, 0.1) is 0 Å². The van der Waals surface area contributed by atoms with E-state index < -0.39 is 0 Å². The van der Waals surface area contributed by atoms with Crippen molar-refractivity contribution in [3.63, 3.8) is 0 Å². The minimum atomic E-state index is 0.678. The molecule has 3 heteroatoms. The van der Waals surface area contributed by atoms with Crippen molar-refractivity contribution in [3.05, 3.63) is 35.4 Å². The van der Waals surface area contributed by atoms with Crippen molar-refractivity contribution in [1.29, 1.82) is 0 Å². The number of thioether (sulfide) groups is 1. The molecular weight excluding hydrogens is 202 g/mol. The predicted octanol–water partition coefficient (Wildman–Crippen LogP) is 3.59. The zero-order chi connectivity index (χ0) is 9.84. The summed E-state index contributed by atoms with van der Waals surface area (Å²) < 4.78 is 0. The van der Waals surface area contributed by atoms with Crippen LogP contribution in [0.5, 0.6) is 0 Å². The summed E-state index contributed by atoms with van der Waals surface area (Å²) in [4.78, 5) is 1.06. The molecule has 0 aliphatic heterocycles. The van der Waals surface area contributed by atoms with Crippen molar-refractivity contribution in [3.8, 4) is 0 Å². The Morgan fingerprint density at radius 3 is 2.85 bits per heavy atom. The lowest BCUT2D eigenvalue weighted by atomic mass is 10.3. The average molecular weight is 214 g/mol. The van der Waals surface area contributed by atoms with E-state index in [-0.39, 0.29) is 0 Å². The van der Waals surface area contributed by atoms with Gasteiger partial charge in [0.1, 0.15) is 0 Å². The van der Waals surface area contributed by atoms with Gasteiger partial charge < -0.3 is 5.73 Å². The molecule has 1 aromatic carbocycles. The number of hydrogen-bond donors (Lipinski definition) is 1. The fourth-order valence-corrected chi connectivity index (χ4v) is 1.82. The molecule has 0 saturated carbocycles.